The summed E-state index contributed by atoms with van der Waals surface area (Å²) in [7, 11) is 3.09. The first kappa shape index (κ1) is 17.1. The largest absolute Gasteiger partial charge is 0.493 e. The van der Waals surface area contributed by atoms with Gasteiger partial charge in [-0.1, -0.05) is 19.1 Å². The zero-order valence-corrected chi connectivity index (χ0v) is 15.3. The van der Waals surface area contributed by atoms with E-state index < -0.39 is 11.9 Å². The van der Waals surface area contributed by atoms with E-state index in [-0.39, 0.29) is 11.2 Å². The zero-order valence-electron chi connectivity index (χ0n) is 15.3. The van der Waals surface area contributed by atoms with E-state index in [2.05, 4.69) is 5.32 Å². The Morgan fingerprint density at radius 2 is 1.81 bits per heavy atom. The molecule has 0 bridgehead atoms. The van der Waals surface area contributed by atoms with Crippen LogP contribution in [0.3, 0.4) is 0 Å². The Morgan fingerprint density at radius 3 is 2.52 bits per heavy atom. The van der Waals surface area contributed by atoms with Crippen LogP contribution in [0.15, 0.2) is 45.6 Å². The van der Waals surface area contributed by atoms with Gasteiger partial charge in [0.2, 0.25) is 5.76 Å². The summed E-state index contributed by atoms with van der Waals surface area (Å²) in [5.41, 5.74) is 2.31. The first-order valence-corrected chi connectivity index (χ1v) is 8.69. The molecule has 1 aliphatic heterocycles. The minimum absolute atomic E-state index is 0.0662. The lowest BCUT2D eigenvalue weighted by Crippen LogP contribution is -2.22. The molecule has 0 spiro atoms. The fourth-order valence-corrected chi connectivity index (χ4v) is 3.46. The number of aryl methyl sites for hydroxylation is 1. The zero-order chi connectivity index (χ0) is 19.1. The minimum atomic E-state index is -0.599. The molecule has 1 unspecified atom stereocenters. The van der Waals surface area contributed by atoms with Crippen LogP contribution in [0.2, 0.25) is 0 Å². The predicted octanol–water partition coefficient (Wildman–Crippen LogP) is 3.21. The van der Waals surface area contributed by atoms with Crippen molar-refractivity contribution >= 4 is 16.9 Å². The quantitative estimate of drug-likeness (QED) is 0.768. The SMILES string of the molecule is CCc1ccc2oc3c(c(=O)c2c1)C(c1ccc(OC)c(OC)c1)NC3=O. The highest BCUT2D eigenvalue weighted by Gasteiger charge is 2.36. The van der Waals surface area contributed by atoms with Crippen molar-refractivity contribution < 1.29 is 18.7 Å². The molecule has 3 aromatic rings. The lowest BCUT2D eigenvalue weighted by molar-refractivity contribution is 0.0938. The maximum Gasteiger partial charge on any atom is 0.288 e. The van der Waals surface area contributed by atoms with Crippen molar-refractivity contribution in [3.8, 4) is 11.5 Å². The maximum atomic E-state index is 13.2. The van der Waals surface area contributed by atoms with Gasteiger partial charge in [-0.25, -0.2) is 0 Å². The Hall–Kier alpha value is -3.28. The molecule has 0 fully saturated rings. The predicted molar refractivity (Wildman–Crippen MR) is 101 cm³/mol. The van der Waals surface area contributed by atoms with Gasteiger partial charge in [-0.2, -0.15) is 0 Å². The Morgan fingerprint density at radius 1 is 1.04 bits per heavy atom. The van der Waals surface area contributed by atoms with E-state index in [0.29, 0.717) is 28.0 Å². The van der Waals surface area contributed by atoms with Crippen LogP contribution in [0.25, 0.3) is 11.0 Å². The van der Waals surface area contributed by atoms with Crippen molar-refractivity contribution in [3.05, 3.63) is 69.1 Å². The van der Waals surface area contributed by atoms with E-state index in [4.69, 9.17) is 13.9 Å². The second-order valence-corrected chi connectivity index (χ2v) is 6.38. The number of benzene rings is 2. The number of rotatable bonds is 4. The Labute approximate surface area is 155 Å². The van der Waals surface area contributed by atoms with E-state index >= 15 is 0 Å². The highest BCUT2D eigenvalue weighted by Crippen LogP contribution is 2.35. The van der Waals surface area contributed by atoms with Gasteiger partial charge in [-0.15, -0.1) is 0 Å². The van der Waals surface area contributed by atoms with Crippen LogP contribution in [0.5, 0.6) is 11.5 Å². The second kappa shape index (κ2) is 6.46. The van der Waals surface area contributed by atoms with Crippen LogP contribution in [0, 0.1) is 0 Å². The van der Waals surface area contributed by atoms with E-state index in [1.54, 1.807) is 31.4 Å². The molecular formula is C21H19NO5. The van der Waals surface area contributed by atoms with Gasteiger partial charge in [-0.3, -0.25) is 9.59 Å². The third-order valence-electron chi connectivity index (χ3n) is 4.91. The van der Waals surface area contributed by atoms with Gasteiger partial charge in [0.15, 0.2) is 16.9 Å². The Balaban J connectivity index is 1.92. The van der Waals surface area contributed by atoms with E-state index in [9.17, 15) is 9.59 Å². The molecule has 27 heavy (non-hydrogen) atoms. The highest BCUT2D eigenvalue weighted by atomic mass is 16.5. The van der Waals surface area contributed by atoms with Crippen LogP contribution in [0.4, 0.5) is 0 Å². The first-order chi connectivity index (χ1) is 13.1. The highest BCUT2D eigenvalue weighted by molar-refractivity contribution is 5.99. The number of carbonyl (C=O) groups is 1. The first-order valence-electron chi connectivity index (χ1n) is 8.69. The molecule has 4 rings (SSSR count). The summed E-state index contributed by atoms with van der Waals surface area (Å²) in [5.74, 6) is 0.764. The second-order valence-electron chi connectivity index (χ2n) is 6.38. The molecule has 2 heterocycles. The molecule has 0 aliphatic carbocycles. The third-order valence-corrected chi connectivity index (χ3v) is 4.91. The van der Waals surface area contributed by atoms with Gasteiger partial charge in [-0.05, 0) is 41.8 Å². The lowest BCUT2D eigenvalue weighted by Gasteiger charge is -2.14. The lowest BCUT2D eigenvalue weighted by atomic mass is 9.98. The molecule has 138 valence electrons. The van der Waals surface area contributed by atoms with Crippen molar-refractivity contribution in [3.63, 3.8) is 0 Å². The summed E-state index contributed by atoms with van der Waals surface area (Å²) in [6.45, 7) is 2.02. The van der Waals surface area contributed by atoms with Gasteiger partial charge in [0.1, 0.15) is 5.58 Å². The number of methoxy groups -OCH3 is 2. The number of nitrogens with one attached hydrogen (secondary N) is 1. The maximum absolute atomic E-state index is 13.2. The summed E-state index contributed by atoms with van der Waals surface area (Å²) >= 11 is 0. The van der Waals surface area contributed by atoms with Gasteiger partial charge < -0.3 is 19.2 Å². The number of amides is 1. The van der Waals surface area contributed by atoms with Crippen molar-refractivity contribution in [2.45, 2.75) is 19.4 Å². The number of fused-ring (bicyclic) bond motifs is 2. The molecule has 1 atom stereocenters. The number of ether oxygens (including phenoxy) is 2. The van der Waals surface area contributed by atoms with Gasteiger partial charge in [0.05, 0.1) is 31.2 Å². The molecule has 2 aromatic carbocycles. The third kappa shape index (κ3) is 2.65. The van der Waals surface area contributed by atoms with E-state index in [1.165, 1.54) is 7.11 Å². The molecule has 0 saturated carbocycles. The molecule has 1 N–H and O–H groups in total. The van der Waals surface area contributed by atoms with Crippen LogP contribution in [-0.2, 0) is 6.42 Å². The van der Waals surface area contributed by atoms with Crippen molar-refractivity contribution in [1.82, 2.24) is 5.32 Å². The summed E-state index contributed by atoms with van der Waals surface area (Å²) in [5, 5.41) is 3.32. The fourth-order valence-electron chi connectivity index (χ4n) is 3.46. The normalized spacial score (nSPS) is 15.5. The topological polar surface area (TPSA) is 77.8 Å². The molecule has 6 heteroatoms. The Kier molecular flexibility index (Phi) is 4.11. The number of carbonyl (C=O) groups excluding carboxylic acids is 1. The number of hydrogen-bond donors (Lipinski definition) is 1. The van der Waals surface area contributed by atoms with Gasteiger partial charge in [0.25, 0.3) is 5.91 Å². The molecule has 1 aliphatic rings. The number of hydrogen-bond acceptors (Lipinski definition) is 5. The van der Waals surface area contributed by atoms with E-state index in [1.807, 2.05) is 19.1 Å². The van der Waals surface area contributed by atoms with Crippen LogP contribution < -0.4 is 20.2 Å². The summed E-state index contributed by atoms with van der Waals surface area (Å²) in [6.07, 6.45) is 0.808. The van der Waals surface area contributed by atoms with E-state index in [0.717, 1.165) is 17.5 Å². The summed E-state index contributed by atoms with van der Waals surface area (Å²) in [4.78, 5) is 25.6. The average Bonchev–Trinajstić information content (AvgIpc) is 3.04. The van der Waals surface area contributed by atoms with Crippen molar-refractivity contribution in [2.24, 2.45) is 0 Å². The standard InChI is InChI=1S/C21H19NO5/c1-4-11-5-7-14-13(9-11)19(23)17-18(22-21(24)20(17)27-14)12-6-8-15(25-2)16(10-12)26-3/h5-10,18H,4H2,1-3H3,(H,22,24). The molecule has 0 radical (unpaired) electrons. The summed E-state index contributed by atoms with van der Waals surface area (Å²) < 4.78 is 16.4. The van der Waals surface area contributed by atoms with Crippen LogP contribution >= 0.6 is 0 Å². The fraction of sp³-hybridized carbons (Fsp3) is 0.238. The summed E-state index contributed by atoms with van der Waals surface area (Å²) in [6, 6.07) is 10.2. The van der Waals surface area contributed by atoms with Crippen LogP contribution in [0.1, 0.15) is 40.2 Å². The van der Waals surface area contributed by atoms with Crippen molar-refractivity contribution in [2.75, 3.05) is 14.2 Å². The monoisotopic (exact) mass is 365 g/mol. The van der Waals surface area contributed by atoms with Gasteiger partial charge in [0, 0.05) is 0 Å². The average molecular weight is 365 g/mol. The van der Waals surface area contributed by atoms with Crippen molar-refractivity contribution in [1.29, 1.82) is 0 Å². The van der Waals surface area contributed by atoms with Gasteiger partial charge >= 0.3 is 0 Å². The molecule has 1 amide bonds. The molecular weight excluding hydrogens is 346 g/mol. The van der Waals surface area contributed by atoms with Crippen LogP contribution in [-0.4, -0.2) is 20.1 Å². The Bertz CT molecular complexity index is 1120. The molecule has 0 saturated heterocycles. The minimum Gasteiger partial charge on any atom is -0.493 e. The smallest absolute Gasteiger partial charge is 0.288 e. The molecule has 1 aromatic heterocycles. The molecule has 6 nitrogen and oxygen atoms in total.